The molecule has 6 nitrogen and oxygen atoms in total. The highest BCUT2D eigenvalue weighted by molar-refractivity contribution is 7.12. The number of methoxy groups -OCH3 is 1. The van der Waals surface area contributed by atoms with Gasteiger partial charge in [-0.2, -0.15) is 0 Å². The summed E-state index contributed by atoms with van der Waals surface area (Å²) in [5, 5.41) is 1.67. The molecule has 0 fully saturated rings. The molecule has 1 atom stereocenters. The number of nitrogens with zero attached hydrogens (tertiary/aromatic N) is 1. The van der Waals surface area contributed by atoms with E-state index in [4.69, 9.17) is 4.74 Å². The Hall–Kier alpha value is -1.89. The SMILES string of the molecule is COC(=O)c1sccc1C(C=O)N(C)C(=O)OC(C)(C)C. The van der Waals surface area contributed by atoms with Gasteiger partial charge in [-0.05, 0) is 32.2 Å². The summed E-state index contributed by atoms with van der Waals surface area (Å²) in [6.45, 7) is 5.21. The van der Waals surface area contributed by atoms with Crippen molar-refractivity contribution in [3.63, 3.8) is 0 Å². The van der Waals surface area contributed by atoms with Crippen molar-refractivity contribution in [3.05, 3.63) is 21.9 Å². The average molecular weight is 313 g/mol. The first kappa shape index (κ1) is 17.2. The van der Waals surface area contributed by atoms with E-state index >= 15 is 0 Å². The Balaban J connectivity index is 3.03. The molecule has 0 radical (unpaired) electrons. The molecule has 0 saturated carbocycles. The van der Waals surface area contributed by atoms with E-state index in [2.05, 4.69) is 4.74 Å². The second kappa shape index (κ2) is 6.71. The number of ether oxygens (including phenoxy) is 2. The van der Waals surface area contributed by atoms with Gasteiger partial charge in [0.1, 0.15) is 22.8 Å². The molecular weight excluding hydrogens is 294 g/mol. The van der Waals surface area contributed by atoms with Crippen molar-refractivity contribution in [1.29, 1.82) is 0 Å². The first-order valence-electron chi connectivity index (χ1n) is 6.28. The van der Waals surface area contributed by atoms with Crippen LogP contribution in [0.15, 0.2) is 11.4 Å². The minimum Gasteiger partial charge on any atom is -0.465 e. The van der Waals surface area contributed by atoms with Gasteiger partial charge in [0.25, 0.3) is 0 Å². The van der Waals surface area contributed by atoms with E-state index in [1.165, 1.54) is 14.2 Å². The summed E-state index contributed by atoms with van der Waals surface area (Å²) >= 11 is 1.16. The third kappa shape index (κ3) is 4.29. The molecule has 1 unspecified atom stereocenters. The van der Waals surface area contributed by atoms with E-state index in [0.717, 1.165) is 16.2 Å². The Morgan fingerprint density at radius 1 is 1.38 bits per heavy atom. The lowest BCUT2D eigenvalue weighted by Gasteiger charge is -2.28. The van der Waals surface area contributed by atoms with Crippen molar-refractivity contribution in [2.24, 2.45) is 0 Å². The highest BCUT2D eigenvalue weighted by Gasteiger charge is 2.29. The number of amides is 1. The van der Waals surface area contributed by atoms with Crippen molar-refractivity contribution in [2.45, 2.75) is 32.4 Å². The van der Waals surface area contributed by atoms with E-state index in [-0.39, 0.29) is 0 Å². The molecule has 1 aromatic heterocycles. The molecule has 0 aliphatic carbocycles. The van der Waals surface area contributed by atoms with E-state index in [1.54, 1.807) is 32.2 Å². The van der Waals surface area contributed by atoms with Crippen LogP contribution in [0.2, 0.25) is 0 Å². The van der Waals surface area contributed by atoms with Crippen LogP contribution in [0.5, 0.6) is 0 Å². The largest absolute Gasteiger partial charge is 0.465 e. The Labute approximate surface area is 127 Å². The van der Waals surface area contributed by atoms with Gasteiger partial charge in [-0.3, -0.25) is 4.90 Å². The van der Waals surface area contributed by atoms with Crippen LogP contribution in [0.4, 0.5) is 4.79 Å². The summed E-state index contributed by atoms with van der Waals surface area (Å²) in [6, 6.07) is 0.719. The molecular formula is C14H19NO5S. The van der Waals surface area contributed by atoms with Crippen LogP contribution in [0, 0.1) is 0 Å². The molecule has 0 N–H and O–H groups in total. The standard InChI is InChI=1S/C14H19NO5S/c1-14(2,3)20-13(18)15(4)10(8-16)9-6-7-21-11(9)12(17)19-5/h6-8,10H,1-5H3. The highest BCUT2D eigenvalue weighted by Crippen LogP contribution is 2.27. The lowest BCUT2D eigenvalue weighted by atomic mass is 10.1. The summed E-state index contributed by atoms with van der Waals surface area (Å²) in [5.74, 6) is -0.538. The van der Waals surface area contributed by atoms with Crippen LogP contribution in [0.1, 0.15) is 42.0 Å². The van der Waals surface area contributed by atoms with Crippen molar-refractivity contribution >= 4 is 29.7 Å². The molecule has 116 valence electrons. The molecule has 0 aliphatic rings. The van der Waals surface area contributed by atoms with E-state index in [0.29, 0.717) is 16.7 Å². The summed E-state index contributed by atoms with van der Waals surface area (Å²) in [4.78, 5) is 36.5. The minimum absolute atomic E-state index is 0.296. The third-order valence-corrected chi connectivity index (χ3v) is 3.52. The summed E-state index contributed by atoms with van der Waals surface area (Å²) in [7, 11) is 2.71. The van der Waals surface area contributed by atoms with Gasteiger partial charge in [0.05, 0.1) is 7.11 Å². The molecule has 0 aromatic carbocycles. The minimum atomic E-state index is -0.903. The Kier molecular flexibility index (Phi) is 5.48. The summed E-state index contributed by atoms with van der Waals surface area (Å²) < 4.78 is 9.89. The number of likely N-dealkylation sites (N-methyl/N-ethyl adjacent to an activating group) is 1. The number of aldehydes is 1. The smallest absolute Gasteiger partial charge is 0.410 e. The molecule has 21 heavy (non-hydrogen) atoms. The first-order valence-corrected chi connectivity index (χ1v) is 7.16. The Morgan fingerprint density at radius 3 is 2.48 bits per heavy atom. The second-order valence-electron chi connectivity index (χ2n) is 5.37. The lowest BCUT2D eigenvalue weighted by molar-refractivity contribution is -0.112. The van der Waals surface area contributed by atoms with Crippen LogP contribution in [-0.4, -0.2) is 43.0 Å². The maximum absolute atomic E-state index is 12.0. The van der Waals surface area contributed by atoms with Gasteiger partial charge >= 0.3 is 12.1 Å². The van der Waals surface area contributed by atoms with Gasteiger partial charge < -0.3 is 14.3 Å². The van der Waals surface area contributed by atoms with Gasteiger partial charge in [0.2, 0.25) is 0 Å². The number of carbonyl (C=O) groups excluding carboxylic acids is 3. The van der Waals surface area contributed by atoms with E-state index in [9.17, 15) is 14.4 Å². The number of rotatable bonds is 4. The first-order chi connectivity index (χ1) is 9.71. The normalized spacial score (nSPS) is 12.4. The predicted octanol–water partition coefficient (Wildman–Crippen LogP) is 2.64. The zero-order valence-corrected chi connectivity index (χ0v) is 13.5. The zero-order chi connectivity index (χ0) is 16.2. The Bertz CT molecular complexity index is 532. The van der Waals surface area contributed by atoms with Crippen LogP contribution >= 0.6 is 11.3 Å². The molecule has 1 aromatic rings. The quantitative estimate of drug-likeness (QED) is 0.631. The predicted molar refractivity (Wildman–Crippen MR) is 78.5 cm³/mol. The van der Waals surface area contributed by atoms with Gasteiger partial charge in [-0.1, -0.05) is 0 Å². The number of hydrogen-bond acceptors (Lipinski definition) is 6. The molecule has 0 bridgehead atoms. The van der Waals surface area contributed by atoms with Crippen molar-refractivity contribution in [2.75, 3.05) is 14.2 Å². The van der Waals surface area contributed by atoms with Crippen molar-refractivity contribution < 1.29 is 23.9 Å². The number of carbonyl (C=O) groups is 3. The maximum Gasteiger partial charge on any atom is 0.410 e. The molecule has 7 heteroatoms. The second-order valence-corrected chi connectivity index (χ2v) is 6.28. The van der Waals surface area contributed by atoms with E-state index in [1.807, 2.05) is 0 Å². The maximum atomic E-state index is 12.0. The monoisotopic (exact) mass is 313 g/mol. The molecule has 1 amide bonds. The molecule has 1 heterocycles. The molecule has 0 spiro atoms. The van der Waals surface area contributed by atoms with E-state index < -0.39 is 23.7 Å². The number of thiophene rings is 1. The summed E-state index contributed by atoms with van der Waals surface area (Å²) in [6.07, 6.45) is -0.0417. The van der Waals surface area contributed by atoms with Gasteiger partial charge in [0, 0.05) is 12.6 Å². The lowest BCUT2D eigenvalue weighted by Crippen LogP contribution is -2.37. The van der Waals surface area contributed by atoms with Crippen LogP contribution in [0.25, 0.3) is 0 Å². The fourth-order valence-corrected chi connectivity index (χ4v) is 2.49. The fourth-order valence-electron chi connectivity index (χ4n) is 1.63. The van der Waals surface area contributed by atoms with Gasteiger partial charge in [-0.15, -0.1) is 11.3 Å². The average Bonchev–Trinajstić information content (AvgIpc) is 2.85. The van der Waals surface area contributed by atoms with Gasteiger partial charge in [0.15, 0.2) is 0 Å². The highest BCUT2D eigenvalue weighted by atomic mass is 32.1. The molecule has 0 aliphatic heterocycles. The van der Waals surface area contributed by atoms with Gasteiger partial charge in [-0.25, -0.2) is 9.59 Å². The number of hydrogen-bond donors (Lipinski definition) is 0. The summed E-state index contributed by atoms with van der Waals surface area (Å²) in [5.41, 5.74) is -0.242. The van der Waals surface area contributed by atoms with Crippen molar-refractivity contribution in [1.82, 2.24) is 4.90 Å². The third-order valence-electron chi connectivity index (χ3n) is 2.61. The molecule has 0 saturated heterocycles. The Morgan fingerprint density at radius 2 is 2.00 bits per heavy atom. The van der Waals surface area contributed by atoms with Crippen LogP contribution in [0.3, 0.4) is 0 Å². The fraction of sp³-hybridized carbons (Fsp3) is 0.500. The zero-order valence-electron chi connectivity index (χ0n) is 12.7. The van der Waals surface area contributed by atoms with Crippen molar-refractivity contribution in [3.8, 4) is 0 Å². The molecule has 1 rings (SSSR count). The van der Waals surface area contributed by atoms with Crippen LogP contribution in [-0.2, 0) is 14.3 Å². The topological polar surface area (TPSA) is 72.9 Å². The van der Waals surface area contributed by atoms with Crippen LogP contribution < -0.4 is 0 Å². The number of esters is 1.